The molecule has 1 rings (SSSR count). The summed E-state index contributed by atoms with van der Waals surface area (Å²) in [6, 6.07) is 6.94. The van der Waals surface area contributed by atoms with Crippen molar-refractivity contribution in [2.45, 2.75) is 52.4 Å². The van der Waals surface area contributed by atoms with Gasteiger partial charge in [-0.25, -0.2) is 0 Å². The van der Waals surface area contributed by atoms with Crippen LogP contribution in [0.15, 0.2) is 24.3 Å². The monoisotopic (exact) mass is 312 g/mol. The molecule has 0 bridgehead atoms. The van der Waals surface area contributed by atoms with Gasteiger partial charge in [0.25, 0.3) is 0 Å². The van der Waals surface area contributed by atoms with E-state index in [9.17, 15) is 5.11 Å². The molecule has 120 valence electrons. The van der Waals surface area contributed by atoms with Gasteiger partial charge in [0.1, 0.15) is 5.75 Å². The van der Waals surface area contributed by atoms with Crippen molar-refractivity contribution in [1.82, 2.24) is 0 Å². The molecule has 0 amide bonds. The van der Waals surface area contributed by atoms with Crippen molar-refractivity contribution in [3.05, 3.63) is 24.3 Å². The molecule has 21 heavy (non-hydrogen) atoms. The van der Waals surface area contributed by atoms with Crippen molar-refractivity contribution >= 4 is 9.53 Å². The van der Waals surface area contributed by atoms with Crippen LogP contribution in [-0.2, 0) is 8.85 Å². The second-order valence-corrected chi connectivity index (χ2v) is 6.51. The van der Waals surface area contributed by atoms with E-state index >= 15 is 0 Å². The number of hydrogen-bond donors (Lipinski definition) is 1. The fourth-order valence-corrected chi connectivity index (χ4v) is 3.20. The molecule has 1 aromatic rings. The topological polar surface area (TPSA) is 47.9 Å². The number of hydrogen-bond acceptors (Lipinski definition) is 4. The standard InChI is InChI=1S/C16H28O4Si/c1-3-5-9-13-18-21(19-14-10-6-4-2)20-16-12-8-7-11-15(16)17/h7-8,11-12,17,21H,3-6,9-10,13-14H2,1-2H3. The molecule has 0 saturated carbocycles. The average Bonchev–Trinajstić information content (AvgIpc) is 2.50. The van der Waals surface area contributed by atoms with E-state index in [1.807, 2.05) is 6.07 Å². The van der Waals surface area contributed by atoms with Crippen LogP contribution in [0.1, 0.15) is 52.4 Å². The Balaban J connectivity index is 2.44. The number of aromatic hydroxyl groups is 1. The predicted octanol–water partition coefficient (Wildman–Crippen LogP) is 3.90. The Morgan fingerprint density at radius 2 is 1.48 bits per heavy atom. The zero-order valence-electron chi connectivity index (χ0n) is 13.2. The summed E-state index contributed by atoms with van der Waals surface area (Å²) >= 11 is 0. The van der Waals surface area contributed by atoms with Crippen LogP contribution in [0.3, 0.4) is 0 Å². The molecule has 5 heteroatoms. The Labute approximate surface area is 130 Å². The van der Waals surface area contributed by atoms with Crippen LogP contribution in [0.5, 0.6) is 11.5 Å². The number of para-hydroxylation sites is 2. The summed E-state index contributed by atoms with van der Waals surface area (Å²) in [5.41, 5.74) is 0. The molecular formula is C16H28O4Si. The Morgan fingerprint density at radius 1 is 0.905 bits per heavy atom. The normalized spacial score (nSPS) is 11.0. The van der Waals surface area contributed by atoms with E-state index in [0.717, 1.165) is 38.5 Å². The summed E-state index contributed by atoms with van der Waals surface area (Å²) in [6.07, 6.45) is 6.65. The molecule has 1 N–H and O–H groups in total. The fourth-order valence-electron chi connectivity index (χ4n) is 1.84. The minimum absolute atomic E-state index is 0.129. The number of rotatable bonds is 12. The van der Waals surface area contributed by atoms with Gasteiger partial charge >= 0.3 is 9.53 Å². The highest BCUT2D eigenvalue weighted by Crippen LogP contribution is 2.25. The zero-order chi connectivity index (χ0) is 15.3. The minimum Gasteiger partial charge on any atom is -0.504 e. The summed E-state index contributed by atoms with van der Waals surface area (Å²) in [5.74, 6) is 0.574. The molecule has 0 atom stereocenters. The van der Waals surface area contributed by atoms with Crippen LogP contribution in [-0.4, -0.2) is 27.8 Å². The molecule has 0 fully saturated rings. The quantitative estimate of drug-likeness (QED) is 0.470. The Kier molecular flexibility index (Phi) is 9.95. The van der Waals surface area contributed by atoms with Crippen LogP contribution in [0.4, 0.5) is 0 Å². The summed E-state index contributed by atoms with van der Waals surface area (Å²) in [4.78, 5) is 0. The van der Waals surface area contributed by atoms with E-state index < -0.39 is 9.53 Å². The maximum Gasteiger partial charge on any atom is 0.549 e. The SMILES string of the molecule is CCCCCO[SiH](OCCCCC)Oc1ccccc1O. The molecular weight excluding hydrogens is 284 g/mol. The van der Waals surface area contributed by atoms with Crippen molar-refractivity contribution < 1.29 is 18.4 Å². The van der Waals surface area contributed by atoms with Gasteiger partial charge < -0.3 is 18.4 Å². The molecule has 0 radical (unpaired) electrons. The van der Waals surface area contributed by atoms with Crippen molar-refractivity contribution in [3.63, 3.8) is 0 Å². The number of benzene rings is 1. The first-order valence-electron chi connectivity index (χ1n) is 7.95. The van der Waals surface area contributed by atoms with Gasteiger partial charge in [-0.1, -0.05) is 51.7 Å². The van der Waals surface area contributed by atoms with Crippen molar-refractivity contribution in [3.8, 4) is 11.5 Å². The number of phenols is 1. The Morgan fingerprint density at radius 3 is 2.00 bits per heavy atom. The molecule has 0 unspecified atom stereocenters. The lowest BCUT2D eigenvalue weighted by Crippen LogP contribution is -2.31. The van der Waals surface area contributed by atoms with Gasteiger partial charge in [0.15, 0.2) is 5.75 Å². The third kappa shape index (κ3) is 8.09. The predicted molar refractivity (Wildman–Crippen MR) is 86.8 cm³/mol. The van der Waals surface area contributed by atoms with E-state index in [1.165, 1.54) is 0 Å². The molecule has 0 saturated heterocycles. The van der Waals surface area contributed by atoms with Gasteiger partial charge in [-0.3, -0.25) is 0 Å². The lowest BCUT2D eigenvalue weighted by Gasteiger charge is -2.18. The van der Waals surface area contributed by atoms with E-state index in [1.54, 1.807) is 18.2 Å². The van der Waals surface area contributed by atoms with E-state index in [4.69, 9.17) is 13.3 Å². The van der Waals surface area contributed by atoms with E-state index in [2.05, 4.69) is 13.8 Å². The zero-order valence-corrected chi connectivity index (χ0v) is 14.4. The third-order valence-corrected chi connectivity index (χ3v) is 4.55. The fraction of sp³-hybridized carbons (Fsp3) is 0.625. The highest BCUT2D eigenvalue weighted by atomic mass is 28.3. The van der Waals surface area contributed by atoms with Crippen molar-refractivity contribution in [2.24, 2.45) is 0 Å². The van der Waals surface area contributed by atoms with Gasteiger partial charge in [0.05, 0.1) is 0 Å². The Bertz CT molecular complexity index is 361. The largest absolute Gasteiger partial charge is 0.549 e. The Hall–Kier alpha value is -1.04. The van der Waals surface area contributed by atoms with Gasteiger partial charge in [0.2, 0.25) is 0 Å². The maximum atomic E-state index is 9.76. The number of phenolic OH excluding ortho intramolecular Hbond substituents is 1. The van der Waals surface area contributed by atoms with E-state index in [0.29, 0.717) is 19.0 Å². The smallest absolute Gasteiger partial charge is 0.504 e. The lowest BCUT2D eigenvalue weighted by molar-refractivity contribution is 0.134. The van der Waals surface area contributed by atoms with Gasteiger partial charge in [-0.2, -0.15) is 0 Å². The summed E-state index contributed by atoms with van der Waals surface area (Å²) in [7, 11) is -2.23. The van der Waals surface area contributed by atoms with Crippen molar-refractivity contribution in [1.29, 1.82) is 0 Å². The second kappa shape index (κ2) is 11.6. The molecule has 0 heterocycles. The van der Waals surface area contributed by atoms with Crippen LogP contribution in [0.2, 0.25) is 0 Å². The van der Waals surface area contributed by atoms with Crippen LogP contribution < -0.4 is 4.43 Å². The third-order valence-electron chi connectivity index (χ3n) is 3.09. The second-order valence-electron chi connectivity index (χ2n) is 5.03. The van der Waals surface area contributed by atoms with Crippen LogP contribution >= 0.6 is 0 Å². The van der Waals surface area contributed by atoms with Gasteiger partial charge in [-0.05, 0) is 25.0 Å². The highest BCUT2D eigenvalue weighted by molar-refractivity contribution is 6.37. The first kappa shape index (κ1) is 18.0. The highest BCUT2D eigenvalue weighted by Gasteiger charge is 2.18. The average molecular weight is 312 g/mol. The molecule has 4 nitrogen and oxygen atoms in total. The minimum atomic E-state index is -2.23. The van der Waals surface area contributed by atoms with Gasteiger partial charge in [0, 0.05) is 13.2 Å². The molecule has 0 aliphatic carbocycles. The van der Waals surface area contributed by atoms with Crippen LogP contribution in [0, 0.1) is 0 Å². The molecule has 0 aromatic heterocycles. The van der Waals surface area contributed by atoms with E-state index in [-0.39, 0.29) is 5.75 Å². The lowest BCUT2D eigenvalue weighted by atomic mass is 10.3. The van der Waals surface area contributed by atoms with Crippen LogP contribution in [0.25, 0.3) is 0 Å². The van der Waals surface area contributed by atoms with Crippen molar-refractivity contribution in [2.75, 3.05) is 13.2 Å². The number of unbranched alkanes of at least 4 members (excludes halogenated alkanes) is 4. The van der Waals surface area contributed by atoms with Gasteiger partial charge in [-0.15, -0.1) is 0 Å². The first-order chi connectivity index (χ1) is 10.3. The molecule has 0 aliphatic rings. The molecule has 0 aliphatic heterocycles. The summed E-state index contributed by atoms with van der Waals surface area (Å²) in [5, 5.41) is 9.76. The maximum absolute atomic E-state index is 9.76. The summed E-state index contributed by atoms with van der Waals surface area (Å²) in [6.45, 7) is 5.64. The molecule has 0 spiro atoms. The first-order valence-corrected chi connectivity index (χ1v) is 9.37. The summed E-state index contributed by atoms with van der Waals surface area (Å²) < 4.78 is 17.3. The molecule has 1 aromatic carbocycles.